The van der Waals surface area contributed by atoms with E-state index in [4.69, 9.17) is 5.73 Å². The van der Waals surface area contributed by atoms with E-state index in [0.717, 1.165) is 50.1 Å². The smallest absolute Gasteiger partial charge is 0.134 e. The molecule has 3 N–H and O–H groups in total. The summed E-state index contributed by atoms with van der Waals surface area (Å²) >= 11 is 0. The zero-order chi connectivity index (χ0) is 13.0. The molecule has 0 radical (unpaired) electrons. The third-order valence-electron chi connectivity index (χ3n) is 3.37. The Morgan fingerprint density at radius 1 is 1.50 bits per heavy atom. The van der Waals surface area contributed by atoms with E-state index in [1.54, 1.807) is 0 Å². The van der Waals surface area contributed by atoms with Gasteiger partial charge in [0.1, 0.15) is 17.5 Å². The van der Waals surface area contributed by atoms with E-state index in [2.05, 4.69) is 27.1 Å². The largest absolute Gasteiger partial charge is 0.370 e. The van der Waals surface area contributed by atoms with Gasteiger partial charge in [-0.15, -0.1) is 0 Å². The predicted octanol–water partition coefficient (Wildman–Crippen LogP) is 1.39. The quantitative estimate of drug-likeness (QED) is 0.825. The van der Waals surface area contributed by atoms with Crippen LogP contribution in [0.4, 0.5) is 11.6 Å². The van der Waals surface area contributed by atoms with Crippen LogP contribution in [0.3, 0.4) is 0 Å². The first-order valence-corrected chi connectivity index (χ1v) is 6.77. The molecular formula is C13H23N5. The Labute approximate surface area is 109 Å². The molecule has 18 heavy (non-hydrogen) atoms. The maximum absolute atomic E-state index is 5.63. The van der Waals surface area contributed by atoms with E-state index in [9.17, 15) is 0 Å². The van der Waals surface area contributed by atoms with Crippen molar-refractivity contribution < 1.29 is 0 Å². The molecule has 2 rings (SSSR count). The topological polar surface area (TPSA) is 67.1 Å². The molecule has 0 aromatic carbocycles. The van der Waals surface area contributed by atoms with Crippen LogP contribution in [0.25, 0.3) is 0 Å². The molecule has 5 nitrogen and oxygen atoms in total. The van der Waals surface area contributed by atoms with Crippen LogP contribution in [-0.2, 0) is 0 Å². The lowest BCUT2D eigenvalue weighted by Crippen LogP contribution is -2.22. The minimum atomic E-state index is 0.716. The molecule has 1 unspecified atom stereocenters. The van der Waals surface area contributed by atoms with Crippen molar-refractivity contribution in [1.82, 2.24) is 9.97 Å². The lowest BCUT2D eigenvalue weighted by Gasteiger charge is -2.18. The Bertz CT molecular complexity index is 393. The highest BCUT2D eigenvalue weighted by atomic mass is 15.2. The second kappa shape index (κ2) is 6.00. The third-order valence-corrected chi connectivity index (χ3v) is 3.37. The summed E-state index contributed by atoms with van der Waals surface area (Å²) in [6.07, 6.45) is 2.33. The number of nitrogens with two attached hydrogens (primary N) is 1. The van der Waals surface area contributed by atoms with Crippen LogP contribution in [0, 0.1) is 12.8 Å². The van der Waals surface area contributed by atoms with Crippen molar-refractivity contribution in [2.24, 2.45) is 11.7 Å². The molecule has 1 aromatic rings. The molecule has 1 fully saturated rings. The maximum atomic E-state index is 5.63. The van der Waals surface area contributed by atoms with E-state index in [0.29, 0.717) is 5.92 Å². The number of hydrogen-bond acceptors (Lipinski definition) is 5. The van der Waals surface area contributed by atoms with E-state index < -0.39 is 0 Å². The van der Waals surface area contributed by atoms with Gasteiger partial charge in [-0.3, -0.25) is 0 Å². The summed E-state index contributed by atoms with van der Waals surface area (Å²) in [6, 6.07) is 2.04. The first kappa shape index (κ1) is 13.1. The van der Waals surface area contributed by atoms with Gasteiger partial charge in [-0.25, -0.2) is 9.97 Å². The molecule has 0 bridgehead atoms. The zero-order valence-electron chi connectivity index (χ0n) is 11.3. The first-order chi connectivity index (χ1) is 8.72. The van der Waals surface area contributed by atoms with E-state index >= 15 is 0 Å². The van der Waals surface area contributed by atoms with Crippen LogP contribution in [0.15, 0.2) is 6.07 Å². The van der Waals surface area contributed by atoms with E-state index in [1.807, 2.05) is 13.0 Å². The number of aryl methyl sites for hydroxylation is 1. The summed E-state index contributed by atoms with van der Waals surface area (Å²) in [5.41, 5.74) is 5.63. The fraction of sp³-hybridized carbons (Fsp3) is 0.692. The molecule has 0 spiro atoms. The van der Waals surface area contributed by atoms with Crippen molar-refractivity contribution in [3.63, 3.8) is 0 Å². The van der Waals surface area contributed by atoms with Gasteiger partial charge in [0.2, 0.25) is 0 Å². The molecule has 0 aliphatic carbocycles. The Morgan fingerprint density at radius 2 is 2.33 bits per heavy atom. The number of hydrogen-bond donors (Lipinski definition) is 2. The van der Waals surface area contributed by atoms with Gasteiger partial charge in [0.05, 0.1) is 0 Å². The van der Waals surface area contributed by atoms with Crippen molar-refractivity contribution in [3.8, 4) is 0 Å². The van der Waals surface area contributed by atoms with Gasteiger partial charge >= 0.3 is 0 Å². The minimum Gasteiger partial charge on any atom is -0.370 e. The molecule has 1 atom stereocenters. The zero-order valence-corrected chi connectivity index (χ0v) is 11.3. The third kappa shape index (κ3) is 3.10. The van der Waals surface area contributed by atoms with Gasteiger partial charge in [0.25, 0.3) is 0 Å². The van der Waals surface area contributed by atoms with Crippen molar-refractivity contribution in [3.05, 3.63) is 11.9 Å². The fourth-order valence-corrected chi connectivity index (χ4v) is 2.50. The van der Waals surface area contributed by atoms with Crippen LogP contribution in [0.2, 0.25) is 0 Å². The SMILES string of the molecule is CCNc1cc(N2CCC(CCN)C2)nc(C)n1. The lowest BCUT2D eigenvalue weighted by molar-refractivity contribution is 0.546. The van der Waals surface area contributed by atoms with Crippen LogP contribution in [-0.4, -0.2) is 36.1 Å². The normalized spacial score (nSPS) is 19.3. The summed E-state index contributed by atoms with van der Waals surface area (Å²) < 4.78 is 0. The van der Waals surface area contributed by atoms with Crippen LogP contribution < -0.4 is 16.0 Å². The number of anilines is 2. The molecule has 0 saturated carbocycles. The summed E-state index contributed by atoms with van der Waals surface area (Å²) in [5, 5.41) is 3.25. The summed E-state index contributed by atoms with van der Waals surface area (Å²) in [6.45, 7) is 7.82. The van der Waals surface area contributed by atoms with Crippen molar-refractivity contribution in [2.75, 3.05) is 36.4 Å². The highest BCUT2D eigenvalue weighted by molar-refractivity contribution is 5.50. The first-order valence-electron chi connectivity index (χ1n) is 6.77. The molecule has 1 aliphatic heterocycles. The van der Waals surface area contributed by atoms with Crippen molar-refractivity contribution in [1.29, 1.82) is 0 Å². The molecule has 1 aromatic heterocycles. The van der Waals surface area contributed by atoms with Gasteiger partial charge in [-0.2, -0.15) is 0 Å². The molecular weight excluding hydrogens is 226 g/mol. The predicted molar refractivity (Wildman–Crippen MR) is 74.9 cm³/mol. The second-order valence-electron chi connectivity index (χ2n) is 4.87. The molecule has 1 aliphatic rings. The Kier molecular flexibility index (Phi) is 4.36. The van der Waals surface area contributed by atoms with E-state index in [-0.39, 0.29) is 0 Å². The Hall–Kier alpha value is -1.36. The molecule has 1 saturated heterocycles. The number of nitrogens with zero attached hydrogens (tertiary/aromatic N) is 3. The lowest BCUT2D eigenvalue weighted by atomic mass is 10.1. The monoisotopic (exact) mass is 249 g/mol. The van der Waals surface area contributed by atoms with Crippen LogP contribution in [0.1, 0.15) is 25.6 Å². The van der Waals surface area contributed by atoms with Gasteiger partial charge in [-0.05, 0) is 39.2 Å². The summed E-state index contributed by atoms with van der Waals surface area (Å²) in [5.74, 6) is 3.50. The number of rotatable bonds is 5. The van der Waals surface area contributed by atoms with E-state index in [1.165, 1.54) is 6.42 Å². The van der Waals surface area contributed by atoms with Gasteiger partial charge in [0.15, 0.2) is 0 Å². The highest BCUT2D eigenvalue weighted by Gasteiger charge is 2.23. The number of aromatic nitrogens is 2. The average Bonchev–Trinajstić information content (AvgIpc) is 2.78. The second-order valence-corrected chi connectivity index (χ2v) is 4.87. The molecule has 2 heterocycles. The highest BCUT2D eigenvalue weighted by Crippen LogP contribution is 2.25. The Morgan fingerprint density at radius 3 is 3.06 bits per heavy atom. The minimum absolute atomic E-state index is 0.716. The molecule has 5 heteroatoms. The summed E-state index contributed by atoms with van der Waals surface area (Å²) in [4.78, 5) is 11.3. The van der Waals surface area contributed by atoms with Crippen LogP contribution >= 0.6 is 0 Å². The van der Waals surface area contributed by atoms with Crippen molar-refractivity contribution >= 4 is 11.6 Å². The van der Waals surface area contributed by atoms with Gasteiger partial charge in [0, 0.05) is 25.7 Å². The maximum Gasteiger partial charge on any atom is 0.134 e. The van der Waals surface area contributed by atoms with Crippen LogP contribution in [0.5, 0.6) is 0 Å². The summed E-state index contributed by atoms with van der Waals surface area (Å²) in [7, 11) is 0. The average molecular weight is 249 g/mol. The van der Waals surface area contributed by atoms with Gasteiger partial charge < -0.3 is 16.0 Å². The molecule has 100 valence electrons. The number of nitrogens with one attached hydrogen (secondary N) is 1. The Balaban J connectivity index is 2.08. The van der Waals surface area contributed by atoms with Gasteiger partial charge in [-0.1, -0.05) is 0 Å². The van der Waals surface area contributed by atoms with Crippen molar-refractivity contribution in [2.45, 2.75) is 26.7 Å². The molecule has 0 amide bonds. The fourth-order valence-electron chi connectivity index (χ4n) is 2.50. The standard InChI is InChI=1S/C13H23N5/c1-3-15-12-8-13(17-10(2)16-12)18-7-5-11(9-18)4-6-14/h8,11H,3-7,9,14H2,1-2H3,(H,15,16,17).